The molecule has 3 nitrogen and oxygen atoms in total. The van der Waals surface area contributed by atoms with Crippen molar-refractivity contribution in [3.63, 3.8) is 0 Å². The fourth-order valence-electron chi connectivity index (χ4n) is 4.50. The van der Waals surface area contributed by atoms with Gasteiger partial charge in [-0.05, 0) is 24.9 Å². The predicted molar refractivity (Wildman–Crippen MR) is 108 cm³/mol. The Kier molecular flexibility index (Phi) is 7.09. The van der Waals surface area contributed by atoms with Crippen LogP contribution in [0.5, 0.6) is 0 Å². The van der Waals surface area contributed by atoms with E-state index in [0.717, 1.165) is 13.1 Å². The number of rotatable bonds is 7. The minimum atomic E-state index is 0.401. The Bertz CT molecular complexity index is 511. The van der Waals surface area contributed by atoms with E-state index in [0.29, 0.717) is 5.54 Å². The monoisotopic (exact) mass is 341 g/mol. The molecule has 1 aliphatic heterocycles. The molecule has 3 heteroatoms. The number of nitrogens with zero attached hydrogens (tertiary/aromatic N) is 2. The molecule has 0 unspecified atom stereocenters. The topological polar surface area (TPSA) is 18.5 Å². The highest BCUT2D eigenvalue weighted by atomic mass is 15.3. The molecule has 138 valence electrons. The summed E-state index contributed by atoms with van der Waals surface area (Å²) in [6.45, 7) is 10.6. The SMILES string of the molecule is CCN1CCN(C2(CNC/C=C/c3ccccc3)CCCCC2)CC1. The van der Waals surface area contributed by atoms with Gasteiger partial charge >= 0.3 is 0 Å². The van der Waals surface area contributed by atoms with Gasteiger partial charge < -0.3 is 10.2 Å². The van der Waals surface area contributed by atoms with E-state index in [2.05, 4.69) is 64.5 Å². The Hall–Kier alpha value is -1.16. The molecular formula is C22H35N3. The summed E-state index contributed by atoms with van der Waals surface area (Å²) in [6.07, 6.45) is 11.4. The molecule has 1 heterocycles. The van der Waals surface area contributed by atoms with Crippen molar-refractivity contribution >= 4 is 6.08 Å². The zero-order valence-corrected chi connectivity index (χ0v) is 15.9. The first-order valence-corrected chi connectivity index (χ1v) is 10.2. The van der Waals surface area contributed by atoms with E-state index in [1.54, 1.807) is 0 Å². The summed E-state index contributed by atoms with van der Waals surface area (Å²) in [7, 11) is 0. The minimum Gasteiger partial charge on any atom is -0.311 e. The van der Waals surface area contributed by atoms with Crippen LogP contribution in [0.2, 0.25) is 0 Å². The standard InChI is InChI=1S/C22H35N3/c1-2-24-16-18-25(19-17-24)22(13-7-4-8-14-22)20-23-15-9-12-21-10-5-3-6-11-21/h3,5-6,9-12,23H,2,4,7-8,13-20H2,1H3/b12-9+. The number of likely N-dealkylation sites (N-methyl/N-ethyl adjacent to an activating group) is 1. The lowest BCUT2D eigenvalue weighted by molar-refractivity contribution is 0.00958. The van der Waals surface area contributed by atoms with E-state index in [9.17, 15) is 0 Å². The van der Waals surface area contributed by atoms with E-state index in [-0.39, 0.29) is 0 Å². The molecule has 0 atom stereocenters. The fourth-order valence-corrected chi connectivity index (χ4v) is 4.50. The third-order valence-electron chi connectivity index (χ3n) is 6.10. The van der Waals surface area contributed by atoms with Gasteiger partial charge in [-0.1, -0.05) is 68.7 Å². The summed E-state index contributed by atoms with van der Waals surface area (Å²) < 4.78 is 0. The number of benzene rings is 1. The Balaban J connectivity index is 1.51. The molecule has 1 saturated heterocycles. The maximum Gasteiger partial charge on any atom is 0.0335 e. The lowest BCUT2D eigenvalue weighted by atomic mass is 9.79. The summed E-state index contributed by atoms with van der Waals surface area (Å²) in [6, 6.07) is 10.6. The van der Waals surface area contributed by atoms with Crippen LogP contribution >= 0.6 is 0 Å². The van der Waals surface area contributed by atoms with E-state index < -0.39 is 0 Å². The van der Waals surface area contributed by atoms with Gasteiger partial charge in [0.2, 0.25) is 0 Å². The van der Waals surface area contributed by atoms with Crippen LogP contribution in [0.4, 0.5) is 0 Å². The Morgan fingerprint density at radius 1 is 1.00 bits per heavy atom. The molecular weight excluding hydrogens is 306 g/mol. The average molecular weight is 342 g/mol. The molecule has 0 radical (unpaired) electrons. The summed E-state index contributed by atoms with van der Waals surface area (Å²) in [5, 5.41) is 3.75. The second kappa shape index (κ2) is 9.51. The number of nitrogens with one attached hydrogen (secondary N) is 1. The van der Waals surface area contributed by atoms with Gasteiger partial charge in [0.1, 0.15) is 0 Å². The predicted octanol–water partition coefficient (Wildman–Crippen LogP) is 3.63. The number of piperazine rings is 1. The van der Waals surface area contributed by atoms with Gasteiger partial charge in [-0.3, -0.25) is 4.90 Å². The molecule has 3 rings (SSSR count). The van der Waals surface area contributed by atoms with Gasteiger partial charge in [-0.25, -0.2) is 0 Å². The van der Waals surface area contributed by atoms with Gasteiger partial charge in [-0.2, -0.15) is 0 Å². The van der Waals surface area contributed by atoms with Crippen LogP contribution in [0.3, 0.4) is 0 Å². The van der Waals surface area contributed by atoms with Crippen molar-refractivity contribution in [2.75, 3.05) is 45.8 Å². The zero-order valence-electron chi connectivity index (χ0n) is 15.9. The van der Waals surface area contributed by atoms with Gasteiger partial charge in [-0.15, -0.1) is 0 Å². The number of hydrogen-bond acceptors (Lipinski definition) is 3. The van der Waals surface area contributed by atoms with Crippen molar-refractivity contribution in [1.82, 2.24) is 15.1 Å². The second-order valence-corrected chi connectivity index (χ2v) is 7.65. The summed E-state index contributed by atoms with van der Waals surface area (Å²) in [4.78, 5) is 5.40. The molecule has 0 spiro atoms. The quantitative estimate of drug-likeness (QED) is 0.764. The van der Waals surface area contributed by atoms with Crippen molar-refractivity contribution in [3.05, 3.63) is 42.0 Å². The van der Waals surface area contributed by atoms with Crippen molar-refractivity contribution in [2.24, 2.45) is 0 Å². The van der Waals surface area contributed by atoms with E-state index in [4.69, 9.17) is 0 Å². The first-order valence-electron chi connectivity index (χ1n) is 10.2. The Morgan fingerprint density at radius 3 is 2.40 bits per heavy atom. The molecule has 0 aromatic heterocycles. The van der Waals surface area contributed by atoms with Crippen LogP contribution in [-0.2, 0) is 0 Å². The first kappa shape index (κ1) is 18.6. The van der Waals surface area contributed by atoms with Crippen molar-refractivity contribution in [1.29, 1.82) is 0 Å². The lowest BCUT2D eigenvalue weighted by Gasteiger charge is -2.50. The Morgan fingerprint density at radius 2 is 1.72 bits per heavy atom. The molecule has 25 heavy (non-hydrogen) atoms. The first-order chi connectivity index (χ1) is 12.3. The summed E-state index contributed by atoms with van der Waals surface area (Å²) >= 11 is 0. The largest absolute Gasteiger partial charge is 0.311 e. The third kappa shape index (κ3) is 5.16. The van der Waals surface area contributed by atoms with Crippen molar-refractivity contribution in [3.8, 4) is 0 Å². The second-order valence-electron chi connectivity index (χ2n) is 7.65. The van der Waals surface area contributed by atoms with Crippen LogP contribution in [0.15, 0.2) is 36.4 Å². The highest BCUT2D eigenvalue weighted by Crippen LogP contribution is 2.34. The van der Waals surface area contributed by atoms with Gasteiger partial charge in [0.15, 0.2) is 0 Å². The Labute approximate surface area is 154 Å². The molecule has 0 bridgehead atoms. The van der Waals surface area contributed by atoms with Crippen LogP contribution < -0.4 is 5.32 Å². The fraction of sp³-hybridized carbons (Fsp3) is 0.636. The average Bonchev–Trinajstić information content (AvgIpc) is 2.69. The highest BCUT2D eigenvalue weighted by molar-refractivity contribution is 5.48. The molecule has 2 fully saturated rings. The van der Waals surface area contributed by atoms with Gasteiger partial charge in [0, 0.05) is 44.8 Å². The van der Waals surface area contributed by atoms with Crippen LogP contribution in [0.25, 0.3) is 6.08 Å². The van der Waals surface area contributed by atoms with Crippen molar-refractivity contribution < 1.29 is 0 Å². The van der Waals surface area contributed by atoms with Crippen LogP contribution in [-0.4, -0.2) is 61.2 Å². The van der Waals surface area contributed by atoms with E-state index in [1.807, 2.05) is 0 Å². The van der Waals surface area contributed by atoms with Crippen LogP contribution in [0.1, 0.15) is 44.6 Å². The maximum absolute atomic E-state index is 3.75. The molecule has 1 aliphatic carbocycles. The van der Waals surface area contributed by atoms with E-state index in [1.165, 1.54) is 70.4 Å². The molecule has 1 N–H and O–H groups in total. The van der Waals surface area contributed by atoms with Crippen molar-refractivity contribution in [2.45, 2.75) is 44.6 Å². The minimum absolute atomic E-state index is 0.401. The number of hydrogen-bond donors (Lipinski definition) is 1. The lowest BCUT2D eigenvalue weighted by Crippen LogP contribution is -2.61. The molecule has 1 saturated carbocycles. The molecule has 0 amide bonds. The van der Waals surface area contributed by atoms with Gasteiger partial charge in [0.05, 0.1) is 0 Å². The van der Waals surface area contributed by atoms with Gasteiger partial charge in [0.25, 0.3) is 0 Å². The molecule has 1 aromatic carbocycles. The third-order valence-corrected chi connectivity index (χ3v) is 6.10. The maximum atomic E-state index is 3.75. The molecule has 1 aromatic rings. The zero-order chi connectivity index (χ0) is 17.4. The van der Waals surface area contributed by atoms with E-state index >= 15 is 0 Å². The highest BCUT2D eigenvalue weighted by Gasteiger charge is 2.38. The smallest absolute Gasteiger partial charge is 0.0335 e. The molecule has 2 aliphatic rings. The van der Waals surface area contributed by atoms with Crippen LogP contribution in [0, 0.1) is 0 Å². The summed E-state index contributed by atoms with van der Waals surface area (Å²) in [5.74, 6) is 0. The summed E-state index contributed by atoms with van der Waals surface area (Å²) in [5.41, 5.74) is 1.69. The normalized spacial score (nSPS) is 22.4.